The SMILES string of the molecule is Cc1ccc([N+](=O)[O-])cc1S(=O)(=O)c1nc2ccccc2[nH]1. The Kier molecular flexibility index (Phi) is 3.18. The number of aryl methyl sites for hydroxylation is 1. The van der Waals surface area contributed by atoms with Crippen molar-refractivity contribution >= 4 is 26.6 Å². The maximum atomic E-state index is 12.7. The molecular formula is C14H11N3O4S. The summed E-state index contributed by atoms with van der Waals surface area (Å²) in [5.41, 5.74) is 1.25. The first-order valence-corrected chi connectivity index (χ1v) is 7.83. The monoisotopic (exact) mass is 317 g/mol. The van der Waals surface area contributed by atoms with Crippen LogP contribution in [0.25, 0.3) is 11.0 Å². The minimum absolute atomic E-state index is 0.124. The van der Waals surface area contributed by atoms with Crippen molar-refractivity contribution in [2.24, 2.45) is 0 Å². The highest BCUT2D eigenvalue weighted by Gasteiger charge is 2.26. The first kappa shape index (κ1) is 14.2. The molecule has 3 rings (SSSR count). The molecule has 0 aliphatic rings. The van der Waals surface area contributed by atoms with E-state index in [1.54, 1.807) is 31.2 Å². The second kappa shape index (κ2) is 4.92. The lowest BCUT2D eigenvalue weighted by molar-refractivity contribution is -0.385. The average Bonchev–Trinajstić information content (AvgIpc) is 2.92. The van der Waals surface area contributed by atoms with Crippen LogP contribution in [-0.2, 0) is 9.84 Å². The van der Waals surface area contributed by atoms with Gasteiger partial charge >= 0.3 is 0 Å². The molecule has 0 saturated carbocycles. The zero-order chi connectivity index (χ0) is 15.9. The Labute approximate surface area is 125 Å². The van der Waals surface area contributed by atoms with E-state index in [0.29, 0.717) is 16.6 Å². The Morgan fingerprint density at radius 3 is 2.59 bits per heavy atom. The number of aromatic amines is 1. The second-order valence-electron chi connectivity index (χ2n) is 4.77. The zero-order valence-corrected chi connectivity index (χ0v) is 12.3. The molecule has 0 spiro atoms. The summed E-state index contributed by atoms with van der Waals surface area (Å²) in [6.45, 7) is 1.58. The maximum absolute atomic E-state index is 12.7. The van der Waals surface area contributed by atoms with Crippen molar-refractivity contribution in [2.45, 2.75) is 17.0 Å². The van der Waals surface area contributed by atoms with Crippen molar-refractivity contribution in [1.29, 1.82) is 0 Å². The van der Waals surface area contributed by atoms with Crippen molar-refractivity contribution in [1.82, 2.24) is 9.97 Å². The summed E-state index contributed by atoms with van der Waals surface area (Å²) in [4.78, 5) is 16.9. The van der Waals surface area contributed by atoms with E-state index >= 15 is 0 Å². The van der Waals surface area contributed by atoms with Gasteiger partial charge in [0.25, 0.3) is 5.69 Å². The highest BCUT2D eigenvalue weighted by Crippen LogP contribution is 2.27. The number of aromatic nitrogens is 2. The third-order valence-electron chi connectivity index (χ3n) is 3.29. The molecule has 0 aliphatic carbocycles. The minimum Gasteiger partial charge on any atom is -0.328 e. The summed E-state index contributed by atoms with van der Waals surface area (Å²) in [5, 5.41) is 10.6. The van der Waals surface area contributed by atoms with Crippen LogP contribution in [0, 0.1) is 17.0 Å². The van der Waals surface area contributed by atoms with Crippen molar-refractivity contribution in [2.75, 3.05) is 0 Å². The molecule has 3 aromatic rings. The molecule has 0 aliphatic heterocycles. The number of fused-ring (bicyclic) bond motifs is 1. The van der Waals surface area contributed by atoms with Gasteiger partial charge in [0.2, 0.25) is 15.0 Å². The fraction of sp³-hybridized carbons (Fsp3) is 0.0714. The molecule has 0 bridgehead atoms. The van der Waals surface area contributed by atoms with Crippen LogP contribution in [0.3, 0.4) is 0 Å². The van der Waals surface area contributed by atoms with E-state index in [0.717, 1.165) is 6.07 Å². The molecule has 0 amide bonds. The third-order valence-corrected chi connectivity index (χ3v) is 5.02. The van der Waals surface area contributed by atoms with Crippen LogP contribution in [0.2, 0.25) is 0 Å². The Balaban J connectivity index is 2.21. The van der Waals surface area contributed by atoms with Gasteiger partial charge in [0.15, 0.2) is 0 Å². The summed E-state index contributed by atoms with van der Waals surface area (Å²) >= 11 is 0. The van der Waals surface area contributed by atoms with Gasteiger partial charge in [-0.25, -0.2) is 13.4 Å². The number of rotatable bonds is 3. The average molecular weight is 317 g/mol. The molecule has 1 N–H and O–H groups in total. The molecule has 22 heavy (non-hydrogen) atoms. The minimum atomic E-state index is -3.96. The number of H-pyrrole nitrogens is 1. The van der Waals surface area contributed by atoms with Gasteiger partial charge in [0.1, 0.15) is 0 Å². The van der Waals surface area contributed by atoms with Gasteiger partial charge in [-0.15, -0.1) is 0 Å². The molecule has 0 fully saturated rings. The molecular weight excluding hydrogens is 306 g/mol. The Morgan fingerprint density at radius 1 is 1.18 bits per heavy atom. The number of para-hydroxylation sites is 2. The number of nitro benzene ring substituents is 1. The van der Waals surface area contributed by atoms with E-state index in [4.69, 9.17) is 0 Å². The van der Waals surface area contributed by atoms with Crippen molar-refractivity contribution in [3.63, 3.8) is 0 Å². The summed E-state index contributed by atoms with van der Waals surface area (Å²) in [6, 6.07) is 10.6. The maximum Gasteiger partial charge on any atom is 0.270 e. The number of nitrogens with one attached hydrogen (secondary N) is 1. The van der Waals surface area contributed by atoms with Crippen LogP contribution >= 0.6 is 0 Å². The van der Waals surface area contributed by atoms with Gasteiger partial charge in [-0.05, 0) is 24.6 Å². The van der Waals surface area contributed by atoms with Crippen LogP contribution in [0.5, 0.6) is 0 Å². The van der Waals surface area contributed by atoms with Crippen molar-refractivity contribution < 1.29 is 13.3 Å². The first-order valence-electron chi connectivity index (χ1n) is 6.34. The summed E-state index contributed by atoms with van der Waals surface area (Å²) in [6.07, 6.45) is 0. The lowest BCUT2D eigenvalue weighted by Gasteiger charge is -2.04. The van der Waals surface area contributed by atoms with E-state index in [1.165, 1.54) is 12.1 Å². The van der Waals surface area contributed by atoms with Gasteiger partial charge in [0.05, 0.1) is 20.9 Å². The Morgan fingerprint density at radius 2 is 1.91 bits per heavy atom. The van der Waals surface area contributed by atoms with Crippen LogP contribution in [-0.4, -0.2) is 23.3 Å². The second-order valence-corrected chi connectivity index (χ2v) is 6.60. The topological polar surface area (TPSA) is 106 Å². The highest BCUT2D eigenvalue weighted by atomic mass is 32.2. The van der Waals surface area contributed by atoms with Gasteiger partial charge in [0, 0.05) is 12.1 Å². The van der Waals surface area contributed by atoms with E-state index < -0.39 is 14.8 Å². The highest BCUT2D eigenvalue weighted by molar-refractivity contribution is 7.91. The van der Waals surface area contributed by atoms with Crippen LogP contribution < -0.4 is 0 Å². The smallest absolute Gasteiger partial charge is 0.270 e. The molecule has 112 valence electrons. The number of hydrogen-bond donors (Lipinski definition) is 1. The quantitative estimate of drug-likeness (QED) is 0.590. The first-order chi connectivity index (χ1) is 10.4. The third kappa shape index (κ3) is 2.23. The molecule has 2 aromatic carbocycles. The molecule has 0 unspecified atom stereocenters. The standard InChI is InChI=1S/C14H11N3O4S/c1-9-6-7-10(17(18)19)8-13(9)22(20,21)14-15-11-4-2-3-5-12(11)16-14/h2-8H,1H3,(H,15,16). The number of nitrogens with zero attached hydrogens (tertiary/aromatic N) is 2. The predicted molar refractivity (Wildman–Crippen MR) is 79.4 cm³/mol. The Bertz CT molecular complexity index is 959. The fourth-order valence-corrected chi connectivity index (χ4v) is 3.59. The molecule has 8 heteroatoms. The summed E-state index contributed by atoms with van der Waals surface area (Å²) in [7, 11) is -3.96. The van der Waals surface area contributed by atoms with E-state index in [9.17, 15) is 18.5 Å². The number of hydrogen-bond acceptors (Lipinski definition) is 5. The van der Waals surface area contributed by atoms with E-state index in [1.807, 2.05) is 0 Å². The van der Waals surface area contributed by atoms with Crippen LogP contribution in [0.4, 0.5) is 5.69 Å². The molecule has 1 heterocycles. The molecule has 0 radical (unpaired) electrons. The number of sulfone groups is 1. The molecule has 0 saturated heterocycles. The number of non-ortho nitro benzene ring substituents is 1. The van der Waals surface area contributed by atoms with E-state index in [2.05, 4.69) is 9.97 Å². The number of benzene rings is 2. The lowest BCUT2D eigenvalue weighted by atomic mass is 10.2. The summed E-state index contributed by atoms with van der Waals surface area (Å²) in [5.74, 6) is 0. The summed E-state index contributed by atoms with van der Waals surface area (Å²) < 4.78 is 25.4. The number of imidazole rings is 1. The van der Waals surface area contributed by atoms with Crippen molar-refractivity contribution in [3.05, 3.63) is 58.1 Å². The lowest BCUT2D eigenvalue weighted by Crippen LogP contribution is -2.07. The molecule has 0 atom stereocenters. The van der Waals surface area contributed by atoms with Crippen LogP contribution in [0.1, 0.15) is 5.56 Å². The van der Waals surface area contributed by atoms with Gasteiger partial charge < -0.3 is 4.98 Å². The normalized spacial score (nSPS) is 11.7. The Hall–Kier alpha value is -2.74. The van der Waals surface area contributed by atoms with Gasteiger partial charge in [-0.3, -0.25) is 10.1 Å². The van der Waals surface area contributed by atoms with Crippen molar-refractivity contribution in [3.8, 4) is 0 Å². The fourth-order valence-electron chi connectivity index (χ4n) is 2.15. The van der Waals surface area contributed by atoms with Gasteiger partial charge in [-0.2, -0.15) is 0 Å². The van der Waals surface area contributed by atoms with Gasteiger partial charge in [-0.1, -0.05) is 18.2 Å². The zero-order valence-electron chi connectivity index (χ0n) is 11.5. The molecule has 1 aromatic heterocycles. The van der Waals surface area contributed by atoms with E-state index in [-0.39, 0.29) is 15.7 Å². The predicted octanol–water partition coefficient (Wildman–Crippen LogP) is 2.61. The van der Waals surface area contributed by atoms with Crippen LogP contribution in [0.15, 0.2) is 52.5 Å². The molecule has 7 nitrogen and oxygen atoms in total. The largest absolute Gasteiger partial charge is 0.328 e. The number of nitro groups is 1.